The molecule has 0 spiro atoms. The highest BCUT2D eigenvalue weighted by Gasteiger charge is 2.37. The zero-order valence-corrected chi connectivity index (χ0v) is 21.4. The normalized spacial score (nSPS) is 18.2. The molecule has 1 unspecified atom stereocenters. The Morgan fingerprint density at radius 1 is 1.11 bits per heavy atom. The van der Waals surface area contributed by atoms with Crippen molar-refractivity contribution in [2.45, 2.75) is 90.9 Å². The van der Waals surface area contributed by atoms with Crippen LogP contribution in [0.1, 0.15) is 84.2 Å². The maximum absolute atomic E-state index is 14.1. The summed E-state index contributed by atoms with van der Waals surface area (Å²) >= 11 is 0. The fourth-order valence-electron chi connectivity index (χ4n) is 4.67. The lowest BCUT2D eigenvalue weighted by Crippen LogP contribution is -2.37. The third-order valence-electron chi connectivity index (χ3n) is 6.58. The molecule has 1 N–H and O–H groups in total. The van der Waals surface area contributed by atoms with Crippen LogP contribution in [0.25, 0.3) is 11.0 Å². The number of halogens is 3. The summed E-state index contributed by atoms with van der Waals surface area (Å²) in [6.45, 7) is 10.1. The van der Waals surface area contributed by atoms with Gasteiger partial charge in [-0.15, -0.1) is 0 Å². The van der Waals surface area contributed by atoms with Gasteiger partial charge in [0.05, 0.1) is 24.2 Å². The third kappa shape index (κ3) is 6.48. The van der Waals surface area contributed by atoms with Crippen molar-refractivity contribution in [3.8, 4) is 0 Å². The third-order valence-corrected chi connectivity index (χ3v) is 6.58. The lowest BCUT2D eigenvalue weighted by atomic mass is 9.94. The second kappa shape index (κ2) is 12.1. The van der Waals surface area contributed by atoms with Crippen molar-refractivity contribution in [3.63, 3.8) is 0 Å². The molecule has 35 heavy (non-hydrogen) atoms. The van der Waals surface area contributed by atoms with Crippen molar-refractivity contribution in [2.75, 3.05) is 36.5 Å². The number of fused-ring (bicyclic) bond motifs is 1. The summed E-state index contributed by atoms with van der Waals surface area (Å²) < 4.78 is 49.7. The summed E-state index contributed by atoms with van der Waals surface area (Å²) in [7, 11) is 0. The molecule has 2 aromatic heterocycles. The van der Waals surface area contributed by atoms with Crippen molar-refractivity contribution in [1.29, 1.82) is 0 Å². The van der Waals surface area contributed by atoms with E-state index in [0.29, 0.717) is 32.1 Å². The van der Waals surface area contributed by atoms with E-state index in [1.807, 2.05) is 23.3 Å². The van der Waals surface area contributed by atoms with Gasteiger partial charge >= 0.3 is 6.18 Å². The van der Waals surface area contributed by atoms with E-state index in [1.165, 1.54) is 12.5 Å². The first-order valence-electron chi connectivity index (χ1n) is 13.0. The maximum atomic E-state index is 14.1. The van der Waals surface area contributed by atoms with E-state index in [4.69, 9.17) is 9.72 Å². The van der Waals surface area contributed by atoms with E-state index in [0.717, 1.165) is 44.6 Å². The summed E-state index contributed by atoms with van der Waals surface area (Å²) in [4.78, 5) is 19.5. The molecule has 196 valence electrons. The molecule has 2 aliphatic rings. The van der Waals surface area contributed by atoms with E-state index in [2.05, 4.69) is 19.2 Å². The van der Waals surface area contributed by atoms with Crippen molar-refractivity contribution in [2.24, 2.45) is 0 Å². The highest BCUT2D eigenvalue weighted by atomic mass is 19.4. The van der Waals surface area contributed by atoms with Crippen LogP contribution >= 0.6 is 0 Å². The van der Waals surface area contributed by atoms with Gasteiger partial charge in [0.1, 0.15) is 17.3 Å². The summed E-state index contributed by atoms with van der Waals surface area (Å²) in [6.07, 6.45) is 2.27. The van der Waals surface area contributed by atoms with Crippen molar-refractivity contribution >= 4 is 22.7 Å². The summed E-state index contributed by atoms with van der Waals surface area (Å²) in [5, 5.41) is 3.02. The van der Waals surface area contributed by atoms with E-state index in [1.54, 1.807) is 0 Å². The van der Waals surface area contributed by atoms with E-state index >= 15 is 0 Å². The van der Waals surface area contributed by atoms with Gasteiger partial charge in [-0.3, -0.25) is 4.79 Å². The minimum absolute atomic E-state index is 0.00642. The first-order valence-corrected chi connectivity index (χ1v) is 13.0. The summed E-state index contributed by atoms with van der Waals surface area (Å²) in [5.74, 6) is 0.807. The number of aromatic nitrogens is 2. The van der Waals surface area contributed by atoms with Crippen molar-refractivity contribution in [1.82, 2.24) is 9.55 Å². The highest BCUT2D eigenvalue weighted by molar-refractivity contribution is 5.84. The van der Waals surface area contributed by atoms with Crippen LogP contribution in [0.3, 0.4) is 0 Å². The van der Waals surface area contributed by atoms with Gasteiger partial charge in [0.15, 0.2) is 5.43 Å². The second-order valence-electron chi connectivity index (χ2n) is 9.54. The molecule has 1 atom stereocenters. The van der Waals surface area contributed by atoms with Crippen molar-refractivity contribution < 1.29 is 17.9 Å². The molecule has 1 saturated heterocycles. The number of alkyl halides is 3. The Morgan fingerprint density at radius 3 is 2.31 bits per heavy atom. The van der Waals surface area contributed by atoms with Crippen LogP contribution in [0.2, 0.25) is 0 Å². The van der Waals surface area contributed by atoms with Crippen LogP contribution in [-0.4, -0.2) is 41.9 Å². The van der Waals surface area contributed by atoms with Crippen LogP contribution in [0.15, 0.2) is 16.9 Å². The highest BCUT2D eigenvalue weighted by Crippen LogP contribution is 2.39. The Morgan fingerprint density at radius 2 is 1.74 bits per heavy atom. The number of hydrogen-bond donors (Lipinski definition) is 1. The van der Waals surface area contributed by atoms with Gasteiger partial charge in [0, 0.05) is 31.2 Å². The molecule has 0 bridgehead atoms. The molecular formula is C26H39F3N4O2. The Labute approximate surface area is 205 Å². The first kappa shape index (κ1) is 27.3. The summed E-state index contributed by atoms with van der Waals surface area (Å²) in [5.41, 5.74) is -1.42. The topological polar surface area (TPSA) is 59.4 Å². The molecule has 2 aromatic rings. The number of pyridine rings is 2. The average molecular weight is 497 g/mol. The predicted octanol–water partition coefficient (Wildman–Crippen LogP) is 6.38. The Balaban J connectivity index is 0.00000108. The molecule has 6 nitrogen and oxygen atoms in total. The largest absolute Gasteiger partial charge is 0.417 e. The molecule has 0 radical (unpaired) electrons. The smallest absolute Gasteiger partial charge is 0.378 e. The molecule has 0 aromatic carbocycles. The fourth-order valence-corrected chi connectivity index (χ4v) is 4.67. The van der Waals surface area contributed by atoms with Gasteiger partial charge in [-0.25, -0.2) is 4.98 Å². The Bertz CT molecular complexity index is 1030. The molecule has 9 heteroatoms. The zero-order chi connectivity index (χ0) is 25.6. The van der Waals surface area contributed by atoms with Gasteiger partial charge in [-0.05, 0) is 32.3 Å². The van der Waals surface area contributed by atoms with Gasteiger partial charge in [0.25, 0.3) is 0 Å². The minimum atomic E-state index is -4.66. The van der Waals surface area contributed by atoms with Crippen LogP contribution in [0, 0.1) is 0 Å². The number of anilines is 2. The molecule has 0 amide bonds. The second-order valence-corrected chi connectivity index (χ2v) is 9.54. The van der Waals surface area contributed by atoms with Crippen molar-refractivity contribution in [3.05, 3.63) is 27.9 Å². The van der Waals surface area contributed by atoms with Crippen LogP contribution < -0.4 is 15.6 Å². The number of nitrogens with zero attached hydrogens (tertiary/aromatic N) is 3. The molecule has 1 aliphatic heterocycles. The van der Waals surface area contributed by atoms with E-state index in [9.17, 15) is 18.0 Å². The van der Waals surface area contributed by atoms with Gasteiger partial charge < -0.3 is 19.5 Å². The number of rotatable bonds is 5. The number of ether oxygens (including phenoxy) is 1. The number of nitrogens with one attached hydrogen (secondary N) is 1. The first-order chi connectivity index (χ1) is 16.7. The lowest BCUT2D eigenvalue weighted by molar-refractivity contribution is -0.136. The maximum Gasteiger partial charge on any atom is 0.417 e. The number of hydrogen-bond acceptors (Lipinski definition) is 5. The molecule has 4 rings (SSSR count). The van der Waals surface area contributed by atoms with Gasteiger partial charge in [0.2, 0.25) is 0 Å². The standard InChI is InChI=1S/C23H31F3N4O2.C3H8/c1-3-15(2)27-20-14-18(31)21-17(23(24,25)26)13-19(29-9-11-32-12-10-29)28-22(21)30(20)16-7-5-4-6-8-16;1-3-2/h13-16,27H,3-12H2,1-2H3;3H2,1-2H3. The monoisotopic (exact) mass is 496 g/mol. The molecule has 2 fully saturated rings. The molecule has 1 aliphatic carbocycles. The molecule has 1 saturated carbocycles. The predicted molar refractivity (Wildman–Crippen MR) is 135 cm³/mol. The van der Waals surface area contributed by atoms with Crippen LogP contribution in [-0.2, 0) is 10.9 Å². The summed E-state index contributed by atoms with van der Waals surface area (Å²) in [6, 6.07) is 2.44. The number of morpholine rings is 1. The van der Waals surface area contributed by atoms with Crippen LogP contribution in [0.4, 0.5) is 24.8 Å². The van der Waals surface area contributed by atoms with E-state index < -0.39 is 17.2 Å². The Hall–Kier alpha value is -2.29. The molecular weight excluding hydrogens is 457 g/mol. The SMILES string of the molecule is CCC.CCC(C)Nc1cc(=O)c2c(C(F)(F)F)cc(N3CCOCC3)nc2n1C1CCCCC1. The van der Waals surface area contributed by atoms with Gasteiger partial charge in [-0.2, -0.15) is 13.2 Å². The van der Waals surface area contributed by atoms with Crippen LogP contribution in [0.5, 0.6) is 0 Å². The fraction of sp³-hybridized carbons (Fsp3) is 0.692. The average Bonchev–Trinajstić information content (AvgIpc) is 2.84. The van der Waals surface area contributed by atoms with Gasteiger partial charge in [-0.1, -0.05) is 46.5 Å². The molecule has 3 heterocycles. The quantitative estimate of drug-likeness (QED) is 0.520. The van der Waals surface area contributed by atoms with E-state index in [-0.39, 0.29) is 28.9 Å². The lowest BCUT2D eigenvalue weighted by Gasteiger charge is -2.32. The minimum Gasteiger partial charge on any atom is -0.378 e. The zero-order valence-electron chi connectivity index (χ0n) is 21.4. The Kier molecular flexibility index (Phi) is 9.44.